The summed E-state index contributed by atoms with van der Waals surface area (Å²) in [6.45, 7) is 14.1. The van der Waals surface area contributed by atoms with Gasteiger partial charge in [0.25, 0.3) is 0 Å². The molecule has 2 amide bonds. The van der Waals surface area contributed by atoms with Gasteiger partial charge in [0, 0.05) is 41.9 Å². The van der Waals surface area contributed by atoms with Crippen molar-refractivity contribution >= 4 is 23.5 Å². The number of fused-ring (bicyclic) bond motifs is 1. The molecule has 55 heavy (non-hydrogen) atoms. The molecule has 0 bridgehead atoms. The SMILES string of the molecule is C[C@@H]1CCC[C@H](C)N1C(=N)n1cc(O[C@@H]2CC[C@H](NC(=O)NC(/C=C(\N)C(C)(C)C)=Nc3cccc(OCCN4CCCC4)c3)c3ccccc32)ccc1=N. The molecule has 12 heteroatoms. The number of pyridine rings is 1. The van der Waals surface area contributed by atoms with Gasteiger partial charge in [-0.2, -0.15) is 0 Å². The molecule has 2 fully saturated rings. The Kier molecular flexibility index (Phi) is 12.7. The van der Waals surface area contributed by atoms with Gasteiger partial charge in [-0.1, -0.05) is 51.1 Å². The molecule has 2 aromatic carbocycles. The van der Waals surface area contributed by atoms with Crippen LogP contribution in [0.2, 0.25) is 0 Å². The first kappa shape index (κ1) is 39.6. The number of rotatable bonds is 9. The fourth-order valence-corrected chi connectivity index (χ4v) is 7.73. The number of ether oxygens (including phenoxy) is 2. The quantitative estimate of drug-likeness (QED) is 0.114. The number of carbonyl (C=O) groups is 1. The number of allylic oxidation sites excluding steroid dienone is 1. The fraction of sp³-hybridized carbons (Fsp3) is 0.488. The van der Waals surface area contributed by atoms with Gasteiger partial charge in [-0.25, -0.2) is 9.79 Å². The molecule has 1 aliphatic carbocycles. The van der Waals surface area contributed by atoms with Gasteiger partial charge in [-0.15, -0.1) is 0 Å². The van der Waals surface area contributed by atoms with E-state index >= 15 is 0 Å². The molecule has 3 aliphatic rings. The number of amides is 2. The molecule has 4 atom stereocenters. The number of amidine groups is 1. The van der Waals surface area contributed by atoms with Crippen LogP contribution in [-0.4, -0.2) is 70.5 Å². The van der Waals surface area contributed by atoms with Crippen molar-refractivity contribution in [1.82, 2.24) is 25.0 Å². The minimum absolute atomic E-state index is 0.231. The van der Waals surface area contributed by atoms with E-state index in [1.54, 1.807) is 29.0 Å². The van der Waals surface area contributed by atoms with Crippen LogP contribution in [0.3, 0.4) is 0 Å². The maximum Gasteiger partial charge on any atom is 0.320 e. The first-order valence-electron chi connectivity index (χ1n) is 19.8. The number of nitrogens with one attached hydrogen (secondary N) is 4. The lowest BCUT2D eigenvalue weighted by atomic mass is 9.85. The molecule has 0 unspecified atom stereocenters. The number of carbonyl (C=O) groups excluding carboxylic acids is 1. The highest BCUT2D eigenvalue weighted by molar-refractivity contribution is 6.05. The topological polar surface area (TPSA) is 157 Å². The van der Waals surface area contributed by atoms with Crippen LogP contribution in [0.5, 0.6) is 11.5 Å². The van der Waals surface area contributed by atoms with Gasteiger partial charge in [-0.05, 0) is 107 Å². The van der Waals surface area contributed by atoms with Crippen LogP contribution in [0, 0.1) is 16.2 Å². The second-order valence-corrected chi connectivity index (χ2v) is 16.2. The van der Waals surface area contributed by atoms with Crippen LogP contribution in [0.15, 0.2) is 83.6 Å². The van der Waals surface area contributed by atoms with E-state index in [4.69, 9.17) is 31.0 Å². The normalized spacial score (nSPS) is 22.2. The number of piperidine rings is 1. The summed E-state index contributed by atoms with van der Waals surface area (Å²) < 4.78 is 14.3. The van der Waals surface area contributed by atoms with Crippen LogP contribution < -0.4 is 31.3 Å². The number of likely N-dealkylation sites (tertiary alicyclic amines) is 2. The number of urea groups is 1. The Balaban J connectivity index is 1.15. The second kappa shape index (κ2) is 17.6. The summed E-state index contributed by atoms with van der Waals surface area (Å²) in [5.41, 5.74) is 9.58. The maximum atomic E-state index is 13.7. The molecule has 294 valence electrons. The molecule has 2 saturated heterocycles. The van der Waals surface area contributed by atoms with Crippen LogP contribution in [0.4, 0.5) is 10.5 Å². The van der Waals surface area contributed by atoms with Crippen molar-refractivity contribution in [1.29, 1.82) is 10.8 Å². The molecule has 3 aromatic rings. The third-order valence-electron chi connectivity index (χ3n) is 10.9. The van der Waals surface area contributed by atoms with Crippen LogP contribution in [0.25, 0.3) is 0 Å². The van der Waals surface area contributed by atoms with Crippen LogP contribution in [-0.2, 0) is 0 Å². The molecular weight excluding hydrogens is 691 g/mol. The Labute approximate surface area is 325 Å². The zero-order chi connectivity index (χ0) is 39.1. The minimum Gasteiger partial charge on any atom is -0.492 e. The van der Waals surface area contributed by atoms with Gasteiger partial charge in [0.15, 0.2) is 0 Å². The molecule has 0 saturated carbocycles. The minimum atomic E-state index is -0.388. The number of aromatic nitrogens is 1. The first-order valence-corrected chi connectivity index (χ1v) is 19.8. The van der Waals surface area contributed by atoms with E-state index in [0.717, 1.165) is 55.8 Å². The smallest absolute Gasteiger partial charge is 0.320 e. The van der Waals surface area contributed by atoms with E-state index in [0.29, 0.717) is 48.4 Å². The van der Waals surface area contributed by atoms with E-state index in [1.165, 1.54) is 12.8 Å². The van der Waals surface area contributed by atoms with E-state index < -0.39 is 0 Å². The number of aliphatic imine (C=N–C) groups is 1. The third kappa shape index (κ3) is 10.2. The van der Waals surface area contributed by atoms with Crippen molar-refractivity contribution in [3.8, 4) is 11.5 Å². The summed E-state index contributed by atoms with van der Waals surface area (Å²) in [6.07, 6.45) is 10.2. The van der Waals surface area contributed by atoms with Gasteiger partial charge in [0.2, 0.25) is 5.96 Å². The Bertz CT molecular complexity index is 1930. The summed E-state index contributed by atoms with van der Waals surface area (Å²) >= 11 is 0. The lowest BCUT2D eigenvalue weighted by molar-refractivity contribution is 0.169. The maximum absolute atomic E-state index is 13.7. The summed E-state index contributed by atoms with van der Waals surface area (Å²) in [6, 6.07) is 18.9. The average Bonchev–Trinajstić information content (AvgIpc) is 3.67. The van der Waals surface area contributed by atoms with Gasteiger partial charge >= 0.3 is 6.03 Å². The van der Waals surface area contributed by atoms with E-state index in [-0.39, 0.29) is 41.2 Å². The van der Waals surface area contributed by atoms with E-state index in [2.05, 4.69) is 34.3 Å². The van der Waals surface area contributed by atoms with Crippen molar-refractivity contribution in [3.63, 3.8) is 0 Å². The summed E-state index contributed by atoms with van der Waals surface area (Å²) in [4.78, 5) is 23.0. The van der Waals surface area contributed by atoms with Crippen molar-refractivity contribution in [3.05, 3.63) is 95.2 Å². The molecule has 0 spiro atoms. The second-order valence-electron chi connectivity index (χ2n) is 16.2. The highest BCUT2D eigenvalue weighted by atomic mass is 16.5. The van der Waals surface area contributed by atoms with E-state index in [9.17, 15) is 4.79 Å². The molecule has 6 N–H and O–H groups in total. The number of nitrogens with two attached hydrogens (primary N) is 1. The predicted molar refractivity (Wildman–Crippen MR) is 218 cm³/mol. The molecule has 6 rings (SSSR count). The van der Waals surface area contributed by atoms with Gasteiger partial charge < -0.3 is 25.4 Å². The van der Waals surface area contributed by atoms with Crippen molar-refractivity contribution in [2.45, 2.75) is 104 Å². The third-order valence-corrected chi connectivity index (χ3v) is 10.9. The molecular formula is C43H59N9O3. The number of hydrogen-bond donors (Lipinski definition) is 5. The summed E-state index contributed by atoms with van der Waals surface area (Å²) in [7, 11) is 0. The zero-order valence-electron chi connectivity index (χ0n) is 33.1. The predicted octanol–water partition coefficient (Wildman–Crippen LogP) is 7.36. The van der Waals surface area contributed by atoms with Crippen molar-refractivity contribution in [2.75, 3.05) is 26.2 Å². The summed E-state index contributed by atoms with van der Waals surface area (Å²) in [5, 5.41) is 23.8. The fourth-order valence-electron chi connectivity index (χ4n) is 7.73. The van der Waals surface area contributed by atoms with Gasteiger partial charge in [0.1, 0.15) is 35.5 Å². The molecule has 3 heterocycles. The molecule has 1 aromatic heterocycles. The van der Waals surface area contributed by atoms with Crippen molar-refractivity contribution in [2.24, 2.45) is 16.1 Å². The van der Waals surface area contributed by atoms with Crippen LogP contribution >= 0.6 is 0 Å². The number of benzene rings is 2. The Hall–Kier alpha value is -5.10. The Morgan fingerprint density at radius 2 is 1.67 bits per heavy atom. The Morgan fingerprint density at radius 1 is 0.945 bits per heavy atom. The monoisotopic (exact) mass is 749 g/mol. The lowest BCUT2D eigenvalue weighted by Crippen LogP contribution is -2.51. The Morgan fingerprint density at radius 3 is 2.40 bits per heavy atom. The van der Waals surface area contributed by atoms with Gasteiger partial charge in [-0.3, -0.25) is 25.6 Å². The zero-order valence-corrected chi connectivity index (χ0v) is 33.1. The molecule has 2 aliphatic heterocycles. The molecule has 0 radical (unpaired) electrons. The highest BCUT2D eigenvalue weighted by Crippen LogP contribution is 2.38. The van der Waals surface area contributed by atoms with E-state index in [1.807, 2.05) is 69.3 Å². The largest absolute Gasteiger partial charge is 0.492 e. The molecule has 12 nitrogen and oxygen atoms in total. The standard InChI is InChI=1S/C43H59N9O3/c1-29-12-10-13-30(2)52(29)41(46)51-28-33(18-21-39(51)45)55-37-20-19-36(34-16-6-7-17-35(34)37)48-42(53)49-40(27-38(44)43(3,4)5)47-31-14-11-15-32(26-31)54-25-24-50-22-8-9-23-50/h6-7,11,14-18,21,26-30,36-37,45-46H,8-10,12-13,19-20,22-25,44H2,1-5H3,(H2,47,48,49,53)/b38-27-,45-39?,46-41?/t29-,30+,36-,37+/m0/s1. The van der Waals surface area contributed by atoms with Crippen molar-refractivity contribution < 1.29 is 14.3 Å². The van der Waals surface area contributed by atoms with Crippen LogP contribution in [0.1, 0.15) is 103 Å². The van der Waals surface area contributed by atoms with Gasteiger partial charge in [0.05, 0.1) is 17.9 Å². The number of hydrogen-bond acceptors (Lipinski definition) is 8. The highest BCUT2D eigenvalue weighted by Gasteiger charge is 2.31. The number of nitrogens with zero attached hydrogens (tertiary/aromatic N) is 4. The average molecular weight is 750 g/mol. The lowest BCUT2D eigenvalue weighted by Gasteiger charge is -2.41. The first-order chi connectivity index (χ1) is 26.4. The summed E-state index contributed by atoms with van der Waals surface area (Å²) in [5.74, 6) is 1.94.